The topological polar surface area (TPSA) is 32.3 Å². The van der Waals surface area contributed by atoms with Gasteiger partial charge < -0.3 is 10.4 Å². The quantitative estimate of drug-likeness (QED) is 0.886. The van der Waals surface area contributed by atoms with Gasteiger partial charge in [0.1, 0.15) is 11.6 Å². The highest BCUT2D eigenvalue weighted by Gasteiger charge is 2.07. The van der Waals surface area contributed by atoms with E-state index >= 15 is 0 Å². The Labute approximate surface area is 110 Å². The standard InChI is InChI=1S/C15H15F2NO/c1-10-6-13(17)8-14(7-10)18-9-15(19)11-2-4-12(16)5-3-11/h2-8,15,18-19H,9H2,1H3. The van der Waals surface area contributed by atoms with Gasteiger partial charge in [0.05, 0.1) is 6.10 Å². The number of hydrogen-bond acceptors (Lipinski definition) is 2. The SMILES string of the molecule is Cc1cc(F)cc(NCC(O)c2ccc(F)cc2)c1. The fourth-order valence-electron chi connectivity index (χ4n) is 1.86. The number of aliphatic hydroxyl groups is 1. The maximum Gasteiger partial charge on any atom is 0.125 e. The zero-order valence-electron chi connectivity index (χ0n) is 10.5. The lowest BCUT2D eigenvalue weighted by Crippen LogP contribution is -2.12. The van der Waals surface area contributed by atoms with Gasteiger partial charge in [-0.25, -0.2) is 8.78 Å². The van der Waals surface area contributed by atoms with E-state index < -0.39 is 6.10 Å². The van der Waals surface area contributed by atoms with Gasteiger partial charge in [-0.3, -0.25) is 0 Å². The molecule has 4 heteroatoms. The van der Waals surface area contributed by atoms with Gasteiger partial charge in [-0.15, -0.1) is 0 Å². The van der Waals surface area contributed by atoms with Gasteiger partial charge in [-0.05, 0) is 48.4 Å². The highest BCUT2D eigenvalue weighted by molar-refractivity contribution is 5.46. The van der Waals surface area contributed by atoms with E-state index in [1.54, 1.807) is 13.0 Å². The van der Waals surface area contributed by atoms with Crippen LogP contribution in [0.25, 0.3) is 0 Å². The molecule has 0 fully saturated rings. The molecule has 0 spiro atoms. The first kappa shape index (κ1) is 13.5. The smallest absolute Gasteiger partial charge is 0.125 e. The van der Waals surface area contributed by atoms with Crippen molar-refractivity contribution in [2.45, 2.75) is 13.0 Å². The van der Waals surface area contributed by atoms with Crippen molar-refractivity contribution in [2.24, 2.45) is 0 Å². The number of nitrogens with one attached hydrogen (secondary N) is 1. The van der Waals surface area contributed by atoms with E-state index in [9.17, 15) is 13.9 Å². The molecular weight excluding hydrogens is 248 g/mol. The molecule has 0 aliphatic heterocycles. The minimum absolute atomic E-state index is 0.231. The molecule has 1 atom stereocenters. The number of anilines is 1. The van der Waals surface area contributed by atoms with Crippen LogP contribution in [0.2, 0.25) is 0 Å². The molecule has 0 amide bonds. The van der Waals surface area contributed by atoms with Gasteiger partial charge in [-0.1, -0.05) is 12.1 Å². The minimum Gasteiger partial charge on any atom is -0.387 e. The Kier molecular flexibility index (Phi) is 4.12. The van der Waals surface area contributed by atoms with E-state index in [-0.39, 0.29) is 18.2 Å². The van der Waals surface area contributed by atoms with Crippen molar-refractivity contribution in [2.75, 3.05) is 11.9 Å². The third kappa shape index (κ3) is 3.76. The lowest BCUT2D eigenvalue weighted by Gasteiger charge is -2.13. The molecule has 0 aliphatic rings. The number of aliphatic hydroxyl groups excluding tert-OH is 1. The Bertz CT molecular complexity index is 534. The van der Waals surface area contributed by atoms with Gasteiger partial charge in [0, 0.05) is 12.2 Å². The summed E-state index contributed by atoms with van der Waals surface area (Å²) in [5.74, 6) is -0.663. The number of hydrogen-bond donors (Lipinski definition) is 2. The maximum absolute atomic E-state index is 13.2. The summed E-state index contributed by atoms with van der Waals surface area (Å²) in [5.41, 5.74) is 2.03. The van der Waals surface area contributed by atoms with Crippen molar-refractivity contribution in [1.82, 2.24) is 0 Å². The molecule has 2 aromatic rings. The third-order valence-electron chi connectivity index (χ3n) is 2.80. The summed E-state index contributed by atoms with van der Waals surface area (Å²) in [6.07, 6.45) is -0.774. The summed E-state index contributed by atoms with van der Waals surface area (Å²) in [5, 5.41) is 12.9. The molecule has 2 N–H and O–H groups in total. The molecule has 1 unspecified atom stereocenters. The Morgan fingerprint density at radius 2 is 1.74 bits per heavy atom. The molecular formula is C15H15F2NO. The Morgan fingerprint density at radius 3 is 2.37 bits per heavy atom. The highest BCUT2D eigenvalue weighted by Crippen LogP contribution is 2.17. The lowest BCUT2D eigenvalue weighted by atomic mass is 10.1. The largest absolute Gasteiger partial charge is 0.387 e. The molecule has 0 aromatic heterocycles. The predicted octanol–water partition coefficient (Wildman–Crippen LogP) is 3.42. The minimum atomic E-state index is -0.774. The molecule has 2 aromatic carbocycles. The molecule has 0 heterocycles. The summed E-state index contributed by atoms with van der Waals surface area (Å²) in [7, 11) is 0. The Hall–Kier alpha value is -1.94. The summed E-state index contributed by atoms with van der Waals surface area (Å²) < 4.78 is 25.9. The first-order valence-corrected chi connectivity index (χ1v) is 5.99. The summed E-state index contributed by atoms with van der Waals surface area (Å²) in [6.45, 7) is 2.03. The van der Waals surface area contributed by atoms with Crippen molar-refractivity contribution in [3.63, 3.8) is 0 Å². The number of benzene rings is 2. The van der Waals surface area contributed by atoms with Gasteiger partial charge in [0.25, 0.3) is 0 Å². The average molecular weight is 263 g/mol. The maximum atomic E-state index is 13.2. The highest BCUT2D eigenvalue weighted by atomic mass is 19.1. The van der Waals surface area contributed by atoms with Gasteiger partial charge in [0.2, 0.25) is 0 Å². The van der Waals surface area contributed by atoms with E-state index in [1.165, 1.54) is 36.4 Å². The summed E-state index contributed by atoms with van der Waals surface area (Å²) >= 11 is 0. The second-order valence-electron chi connectivity index (χ2n) is 4.47. The van der Waals surface area contributed by atoms with Crippen LogP contribution >= 0.6 is 0 Å². The zero-order chi connectivity index (χ0) is 13.8. The van der Waals surface area contributed by atoms with Crippen molar-refractivity contribution in [3.8, 4) is 0 Å². The summed E-state index contributed by atoms with van der Waals surface area (Å²) in [4.78, 5) is 0. The normalized spacial score (nSPS) is 12.2. The first-order valence-electron chi connectivity index (χ1n) is 5.99. The number of rotatable bonds is 4. The monoisotopic (exact) mass is 263 g/mol. The fraction of sp³-hybridized carbons (Fsp3) is 0.200. The van der Waals surface area contributed by atoms with Crippen LogP contribution in [0.5, 0.6) is 0 Å². The third-order valence-corrected chi connectivity index (χ3v) is 2.80. The Morgan fingerprint density at radius 1 is 1.05 bits per heavy atom. The number of halogens is 2. The summed E-state index contributed by atoms with van der Waals surface area (Å²) in [6, 6.07) is 10.2. The molecule has 0 saturated carbocycles. The van der Waals surface area contributed by atoms with Crippen LogP contribution in [0.4, 0.5) is 14.5 Å². The molecule has 0 saturated heterocycles. The fourth-order valence-corrected chi connectivity index (χ4v) is 1.86. The van der Waals surface area contributed by atoms with Crippen molar-refractivity contribution in [1.29, 1.82) is 0 Å². The van der Waals surface area contributed by atoms with Gasteiger partial charge in [-0.2, -0.15) is 0 Å². The molecule has 2 nitrogen and oxygen atoms in total. The van der Waals surface area contributed by atoms with Crippen LogP contribution in [0.15, 0.2) is 42.5 Å². The Balaban J connectivity index is 1.99. The molecule has 2 rings (SSSR count). The average Bonchev–Trinajstić information content (AvgIpc) is 2.36. The lowest BCUT2D eigenvalue weighted by molar-refractivity contribution is 0.191. The van der Waals surface area contributed by atoms with Crippen LogP contribution in [-0.4, -0.2) is 11.7 Å². The zero-order valence-corrected chi connectivity index (χ0v) is 10.5. The van der Waals surface area contributed by atoms with E-state index in [4.69, 9.17) is 0 Å². The molecule has 0 aliphatic carbocycles. The molecule has 0 bridgehead atoms. The molecule has 19 heavy (non-hydrogen) atoms. The predicted molar refractivity (Wildman–Crippen MR) is 71.0 cm³/mol. The van der Waals surface area contributed by atoms with Crippen LogP contribution < -0.4 is 5.32 Å². The van der Waals surface area contributed by atoms with Crippen LogP contribution in [0.3, 0.4) is 0 Å². The van der Waals surface area contributed by atoms with E-state index in [1.807, 2.05) is 0 Å². The van der Waals surface area contributed by atoms with Crippen molar-refractivity contribution >= 4 is 5.69 Å². The van der Waals surface area contributed by atoms with Crippen LogP contribution in [-0.2, 0) is 0 Å². The van der Waals surface area contributed by atoms with E-state index in [2.05, 4.69) is 5.32 Å². The van der Waals surface area contributed by atoms with E-state index in [0.717, 1.165) is 5.56 Å². The van der Waals surface area contributed by atoms with E-state index in [0.29, 0.717) is 11.3 Å². The van der Waals surface area contributed by atoms with Crippen LogP contribution in [0.1, 0.15) is 17.2 Å². The van der Waals surface area contributed by atoms with Gasteiger partial charge in [0.15, 0.2) is 0 Å². The van der Waals surface area contributed by atoms with Crippen molar-refractivity contribution < 1.29 is 13.9 Å². The molecule has 100 valence electrons. The van der Waals surface area contributed by atoms with Crippen LogP contribution in [0, 0.1) is 18.6 Å². The second-order valence-corrected chi connectivity index (χ2v) is 4.47. The van der Waals surface area contributed by atoms with Gasteiger partial charge >= 0.3 is 0 Å². The molecule has 0 radical (unpaired) electrons. The van der Waals surface area contributed by atoms with Crippen molar-refractivity contribution in [3.05, 3.63) is 65.2 Å². The number of aryl methyl sites for hydroxylation is 1. The first-order chi connectivity index (χ1) is 9.04. The second kappa shape index (κ2) is 5.80.